The minimum Gasteiger partial charge on any atom is -0.361 e. The van der Waals surface area contributed by atoms with E-state index in [1.165, 1.54) is 0 Å². The molecule has 0 atom stereocenters. The lowest BCUT2D eigenvalue weighted by atomic mass is 9.99. The van der Waals surface area contributed by atoms with Gasteiger partial charge in [-0.1, -0.05) is 65.8 Å². The molecule has 30 heavy (non-hydrogen) atoms. The maximum absolute atomic E-state index is 12.9. The molecule has 1 aromatic heterocycles. The second-order valence-corrected chi connectivity index (χ2v) is 7.80. The normalized spacial score (nSPS) is 15.4. The molecule has 1 amide bonds. The van der Waals surface area contributed by atoms with Crippen LogP contribution in [0.1, 0.15) is 28.6 Å². The first-order chi connectivity index (χ1) is 14.7. The van der Waals surface area contributed by atoms with Crippen molar-refractivity contribution >= 4 is 5.91 Å². The highest BCUT2D eigenvalue weighted by atomic mass is 16.5. The number of aryl methyl sites for hydroxylation is 1. The van der Waals surface area contributed by atoms with Gasteiger partial charge < -0.3 is 9.84 Å². The predicted molar refractivity (Wildman–Crippen MR) is 116 cm³/mol. The van der Waals surface area contributed by atoms with E-state index >= 15 is 0 Å². The van der Waals surface area contributed by atoms with E-state index in [0.717, 1.165) is 55.3 Å². The summed E-state index contributed by atoms with van der Waals surface area (Å²) < 4.78 is 5.15. The Kier molecular flexibility index (Phi) is 6.57. The van der Waals surface area contributed by atoms with Gasteiger partial charge in [-0.15, -0.1) is 0 Å². The fourth-order valence-electron chi connectivity index (χ4n) is 3.89. The molecule has 0 unspecified atom stereocenters. The Morgan fingerprint density at radius 2 is 1.53 bits per heavy atom. The molecule has 2 aromatic carbocycles. The summed E-state index contributed by atoms with van der Waals surface area (Å²) in [4.78, 5) is 17.4. The number of nitrogens with zero attached hydrogens (tertiary/aromatic N) is 3. The monoisotopic (exact) mass is 404 g/mol. The second kappa shape index (κ2) is 9.69. The molecular weight excluding hydrogens is 376 g/mol. The Hall–Kier alpha value is -2.96. The molecule has 0 spiro atoms. The summed E-state index contributed by atoms with van der Waals surface area (Å²) in [6, 6.07) is 22.1. The van der Waals surface area contributed by atoms with Gasteiger partial charge in [0.05, 0.1) is 18.3 Å². The summed E-state index contributed by atoms with van der Waals surface area (Å²) in [6.45, 7) is 6.68. The van der Waals surface area contributed by atoms with Crippen molar-refractivity contribution in [2.75, 3.05) is 32.7 Å². The maximum Gasteiger partial charge on any atom is 0.234 e. The van der Waals surface area contributed by atoms with Crippen molar-refractivity contribution in [3.8, 4) is 0 Å². The molecule has 1 aliphatic heterocycles. The average molecular weight is 405 g/mol. The van der Waals surface area contributed by atoms with Crippen LogP contribution in [0.5, 0.6) is 0 Å². The van der Waals surface area contributed by atoms with Crippen molar-refractivity contribution in [1.29, 1.82) is 0 Å². The van der Waals surface area contributed by atoms with Crippen molar-refractivity contribution in [2.45, 2.75) is 19.5 Å². The highest BCUT2D eigenvalue weighted by molar-refractivity contribution is 5.79. The molecule has 0 bridgehead atoms. The van der Waals surface area contributed by atoms with E-state index in [2.05, 4.69) is 44.5 Å². The molecule has 3 aromatic rings. The molecule has 0 saturated carbocycles. The zero-order valence-corrected chi connectivity index (χ0v) is 17.3. The van der Waals surface area contributed by atoms with Crippen LogP contribution in [0.4, 0.5) is 0 Å². The SMILES string of the molecule is Cc1cc(CN2CCN(CC(=O)NC(c3ccccc3)c3ccccc3)CC2)no1. The third-order valence-electron chi connectivity index (χ3n) is 5.47. The van der Waals surface area contributed by atoms with E-state index in [1.54, 1.807) is 0 Å². The molecule has 2 heterocycles. The standard InChI is InChI=1S/C24H28N4O2/c1-19-16-22(26-30-19)17-27-12-14-28(15-13-27)18-23(29)25-24(20-8-4-2-5-9-20)21-10-6-3-7-11-21/h2-11,16,24H,12-15,17-18H2,1H3,(H,25,29). The molecule has 1 aliphatic rings. The van der Waals surface area contributed by atoms with E-state index in [1.807, 2.05) is 49.4 Å². The number of hydrogen-bond acceptors (Lipinski definition) is 5. The number of nitrogens with one attached hydrogen (secondary N) is 1. The number of aromatic nitrogens is 1. The van der Waals surface area contributed by atoms with Gasteiger partial charge in [-0.25, -0.2) is 0 Å². The van der Waals surface area contributed by atoms with Crippen molar-refractivity contribution in [3.05, 3.63) is 89.3 Å². The van der Waals surface area contributed by atoms with Crippen molar-refractivity contribution in [1.82, 2.24) is 20.3 Å². The summed E-state index contributed by atoms with van der Waals surface area (Å²) in [5, 5.41) is 7.31. The number of carbonyl (C=O) groups excluding carboxylic acids is 1. The lowest BCUT2D eigenvalue weighted by molar-refractivity contribution is -0.123. The van der Waals surface area contributed by atoms with Gasteiger partial charge in [0.15, 0.2) is 0 Å². The van der Waals surface area contributed by atoms with E-state index in [-0.39, 0.29) is 11.9 Å². The van der Waals surface area contributed by atoms with Crippen LogP contribution in [-0.4, -0.2) is 53.6 Å². The summed E-state index contributed by atoms with van der Waals surface area (Å²) in [6.07, 6.45) is 0. The number of piperazine rings is 1. The van der Waals surface area contributed by atoms with Gasteiger partial charge in [-0.3, -0.25) is 14.6 Å². The third kappa shape index (κ3) is 5.34. The van der Waals surface area contributed by atoms with Crippen LogP contribution < -0.4 is 5.32 Å². The maximum atomic E-state index is 12.9. The zero-order valence-electron chi connectivity index (χ0n) is 17.3. The number of hydrogen-bond donors (Lipinski definition) is 1. The Bertz CT molecular complexity index is 895. The highest BCUT2D eigenvalue weighted by Crippen LogP contribution is 2.21. The first kappa shape index (κ1) is 20.3. The van der Waals surface area contributed by atoms with E-state index in [9.17, 15) is 4.79 Å². The molecule has 6 heteroatoms. The molecule has 4 rings (SSSR count). The number of benzene rings is 2. The Morgan fingerprint density at radius 1 is 0.967 bits per heavy atom. The third-order valence-corrected chi connectivity index (χ3v) is 5.47. The van der Waals surface area contributed by atoms with Crippen LogP contribution in [0, 0.1) is 6.92 Å². The van der Waals surface area contributed by atoms with Crippen LogP contribution in [0.2, 0.25) is 0 Å². The van der Waals surface area contributed by atoms with Crippen LogP contribution in [0.3, 0.4) is 0 Å². The minimum absolute atomic E-state index is 0.0493. The van der Waals surface area contributed by atoms with Gasteiger partial charge in [-0.05, 0) is 18.1 Å². The quantitative estimate of drug-likeness (QED) is 0.656. The number of rotatable bonds is 7. The molecular formula is C24H28N4O2. The lowest BCUT2D eigenvalue weighted by Crippen LogP contribution is -2.49. The summed E-state index contributed by atoms with van der Waals surface area (Å²) in [5.74, 6) is 0.889. The fraction of sp³-hybridized carbons (Fsp3) is 0.333. The smallest absolute Gasteiger partial charge is 0.234 e. The number of amides is 1. The largest absolute Gasteiger partial charge is 0.361 e. The van der Waals surface area contributed by atoms with Crippen LogP contribution >= 0.6 is 0 Å². The van der Waals surface area contributed by atoms with Crippen LogP contribution in [0.25, 0.3) is 0 Å². The Morgan fingerprint density at radius 3 is 2.07 bits per heavy atom. The Balaban J connectivity index is 1.32. The van der Waals surface area contributed by atoms with Gasteiger partial charge >= 0.3 is 0 Å². The van der Waals surface area contributed by atoms with Gasteiger partial charge in [0, 0.05) is 38.8 Å². The predicted octanol–water partition coefficient (Wildman–Crippen LogP) is 3.01. The highest BCUT2D eigenvalue weighted by Gasteiger charge is 2.22. The van der Waals surface area contributed by atoms with Gasteiger partial charge in [0.1, 0.15) is 5.76 Å². The van der Waals surface area contributed by atoms with Crippen molar-refractivity contribution in [3.63, 3.8) is 0 Å². The van der Waals surface area contributed by atoms with Gasteiger partial charge in [-0.2, -0.15) is 0 Å². The summed E-state index contributed by atoms with van der Waals surface area (Å²) in [7, 11) is 0. The van der Waals surface area contributed by atoms with Crippen LogP contribution in [-0.2, 0) is 11.3 Å². The van der Waals surface area contributed by atoms with Gasteiger partial charge in [0.2, 0.25) is 5.91 Å². The van der Waals surface area contributed by atoms with Gasteiger partial charge in [0.25, 0.3) is 0 Å². The second-order valence-electron chi connectivity index (χ2n) is 7.80. The molecule has 0 aliphatic carbocycles. The molecule has 6 nitrogen and oxygen atoms in total. The van der Waals surface area contributed by atoms with E-state index in [0.29, 0.717) is 6.54 Å². The molecule has 1 saturated heterocycles. The molecule has 156 valence electrons. The summed E-state index contributed by atoms with van der Waals surface area (Å²) in [5.41, 5.74) is 3.14. The molecule has 1 fully saturated rings. The van der Waals surface area contributed by atoms with Crippen molar-refractivity contribution < 1.29 is 9.32 Å². The molecule has 0 radical (unpaired) electrons. The average Bonchev–Trinajstić information content (AvgIpc) is 3.19. The van der Waals surface area contributed by atoms with Crippen LogP contribution in [0.15, 0.2) is 71.3 Å². The van der Waals surface area contributed by atoms with Crippen molar-refractivity contribution in [2.24, 2.45) is 0 Å². The lowest BCUT2D eigenvalue weighted by Gasteiger charge is -2.34. The number of carbonyl (C=O) groups is 1. The first-order valence-electron chi connectivity index (χ1n) is 10.4. The Labute approximate surface area is 177 Å². The topological polar surface area (TPSA) is 61.6 Å². The summed E-state index contributed by atoms with van der Waals surface area (Å²) >= 11 is 0. The zero-order chi connectivity index (χ0) is 20.8. The van der Waals surface area contributed by atoms with E-state index in [4.69, 9.17) is 4.52 Å². The van der Waals surface area contributed by atoms with E-state index < -0.39 is 0 Å². The minimum atomic E-state index is -0.142. The fourth-order valence-corrected chi connectivity index (χ4v) is 3.89. The first-order valence-corrected chi connectivity index (χ1v) is 10.4. The molecule has 1 N–H and O–H groups in total.